The molecule has 1 atom stereocenters. The molecule has 0 unspecified atom stereocenters. The highest BCUT2D eigenvalue weighted by Crippen LogP contribution is 2.41. The minimum absolute atomic E-state index is 0.0921. The average molecular weight is 401 g/mol. The third-order valence-electron chi connectivity index (χ3n) is 5.00. The van der Waals surface area contributed by atoms with Crippen molar-refractivity contribution in [3.8, 4) is 5.75 Å². The van der Waals surface area contributed by atoms with Gasteiger partial charge in [-0.1, -0.05) is 39.8 Å². The fraction of sp³-hybridized carbons (Fsp3) is 0.455. The number of methoxy groups -OCH3 is 1. The zero-order chi connectivity index (χ0) is 20.5. The highest BCUT2D eigenvalue weighted by molar-refractivity contribution is 7.17. The van der Waals surface area contributed by atoms with Gasteiger partial charge < -0.3 is 15.4 Å². The smallest absolute Gasteiger partial charge is 0.259 e. The molecule has 0 saturated carbocycles. The molecule has 2 aromatic rings. The van der Waals surface area contributed by atoms with Gasteiger partial charge in [0, 0.05) is 10.3 Å². The van der Waals surface area contributed by atoms with E-state index in [0.29, 0.717) is 27.9 Å². The van der Waals surface area contributed by atoms with Crippen LogP contribution >= 0.6 is 11.3 Å². The van der Waals surface area contributed by atoms with Crippen molar-refractivity contribution in [3.05, 3.63) is 40.3 Å². The summed E-state index contributed by atoms with van der Waals surface area (Å²) in [4.78, 5) is 27.0. The van der Waals surface area contributed by atoms with Gasteiger partial charge in [0.15, 0.2) is 0 Å². The van der Waals surface area contributed by atoms with Crippen LogP contribution in [-0.4, -0.2) is 18.9 Å². The van der Waals surface area contributed by atoms with Crippen LogP contribution in [0, 0.1) is 11.3 Å². The molecule has 0 saturated heterocycles. The van der Waals surface area contributed by atoms with Gasteiger partial charge >= 0.3 is 0 Å². The van der Waals surface area contributed by atoms with Crippen LogP contribution in [0.3, 0.4) is 0 Å². The maximum atomic E-state index is 13.2. The maximum absolute atomic E-state index is 13.2. The zero-order valence-electron chi connectivity index (χ0n) is 17.1. The third-order valence-corrected chi connectivity index (χ3v) is 6.17. The van der Waals surface area contributed by atoms with Gasteiger partial charge in [0.1, 0.15) is 10.8 Å². The van der Waals surface area contributed by atoms with Gasteiger partial charge in [0.25, 0.3) is 5.91 Å². The molecule has 0 fully saturated rings. The Hall–Kier alpha value is -2.34. The summed E-state index contributed by atoms with van der Waals surface area (Å²) >= 11 is 1.53. The lowest BCUT2D eigenvalue weighted by atomic mass is 9.88. The van der Waals surface area contributed by atoms with E-state index in [-0.39, 0.29) is 11.8 Å². The fourth-order valence-corrected chi connectivity index (χ4v) is 4.71. The van der Waals surface area contributed by atoms with Crippen LogP contribution in [0.4, 0.5) is 10.7 Å². The van der Waals surface area contributed by atoms with Crippen molar-refractivity contribution in [3.63, 3.8) is 0 Å². The van der Waals surface area contributed by atoms with Gasteiger partial charge in [-0.2, -0.15) is 0 Å². The molecule has 1 heterocycles. The van der Waals surface area contributed by atoms with E-state index in [1.54, 1.807) is 7.11 Å². The Morgan fingerprint density at radius 1 is 1.18 bits per heavy atom. The van der Waals surface area contributed by atoms with Gasteiger partial charge in [-0.05, 0) is 42.9 Å². The lowest BCUT2D eigenvalue weighted by molar-refractivity contribution is -0.123. The number of hydrogen-bond donors (Lipinski definition) is 2. The summed E-state index contributed by atoms with van der Waals surface area (Å²) in [5.74, 6) is 0.891. The Morgan fingerprint density at radius 2 is 1.89 bits per heavy atom. The number of thiophene rings is 1. The van der Waals surface area contributed by atoms with E-state index in [1.165, 1.54) is 16.2 Å². The Labute approximate surface area is 170 Å². The van der Waals surface area contributed by atoms with E-state index >= 15 is 0 Å². The molecular weight excluding hydrogens is 372 g/mol. The molecule has 0 radical (unpaired) electrons. The van der Waals surface area contributed by atoms with E-state index in [2.05, 4.69) is 17.6 Å². The predicted molar refractivity (Wildman–Crippen MR) is 115 cm³/mol. The van der Waals surface area contributed by atoms with Gasteiger partial charge in [0.2, 0.25) is 5.91 Å². The van der Waals surface area contributed by atoms with Crippen molar-refractivity contribution in [1.82, 2.24) is 0 Å². The Kier molecular flexibility index (Phi) is 5.79. The molecule has 1 aromatic heterocycles. The molecule has 3 rings (SSSR count). The molecule has 1 aliphatic carbocycles. The number of ether oxygens (including phenoxy) is 1. The van der Waals surface area contributed by atoms with Crippen molar-refractivity contribution in [2.45, 2.75) is 47.0 Å². The molecule has 1 aromatic carbocycles. The van der Waals surface area contributed by atoms with Crippen LogP contribution in [-0.2, 0) is 17.6 Å². The first-order valence-electron chi connectivity index (χ1n) is 9.61. The first kappa shape index (κ1) is 20.4. The molecule has 2 N–H and O–H groups in total. The molecule has 6 heteroatoms. The lowest BCUT2D eigenvalue weighted by Crippen LogP contribution is -2.28. The SMILES string of the molecule is COc1ccccc1NC(=O)c1c(NC(=O)C(C)(C)C)sc2c1CC[C@H](C)C2. The second-order valence-electron chi connectivity index (χ2n) is 8.41. The van der Waals surface area contributed by atoms with Gasteiger partial charge in [-0.3, -0.25) is 9.59 Å². The quantitative estimate of drug-likeness (QED) is 0.749. The molecule has 150 valence electrons. The molecule has 5 nitrogen and oxygen atoms in total. The number of fused-ring (bicyclic) bond motifs is 1. The van der Waals surface area contributed by atoms with E-state index < -0.39 is 5.41 Å². The van der Waals surface area contributed by atoms with Crippen LogP contribution < -0.4 is 15.4 Å². The maximum Gasteiger partial charge on any atom is 0.259 e. The van der Waals surface area contributed by atoms with E-state index in [9.17, 15) is 9.59 Å². The second-order valence-corrected chi connectivity index (χ2v) is 9.52. The summed E-state index contributed by atoms with van der Waals surface area (Å²) < 4.78 is 5.35. The summed E-state index contributed by atoms with van der Waals surface area (Å²) in [6.07, 6.45) is 2.85. The van der Waals surface area contributed by atoms with E-state index in [1.807, 2.05) is 45.0 Å². The number of hydrogen-bond acceptors (Lipinski definition) is 4. The van der Waals surface area contributed by atoms with Crippen LogP contribution in [0.25, 0.3) is 0 Å². The summed E-state index contributed by atoms with van der Waals surface area (Å²) in [5, 5.41) is 6.62. The Balaban J connectivity index is 1.98. The third kappa shape index (κ3) is 4.22. The standard InChI is InChI=1S/C22H28N2O3S/c1-13-10-11-14-17(12-13)28-20(24-21(26)22(2,3)4)18(14)19(25)23-15-8-6-7-9-16(15)27-5/h6-9,13H,10-12H2,1-5H3,(H,23,25)(H,24,26)/t13-/m0/s1. The van der Waals surface area contributed by atoms with Crippen molar-refractivity contribution in [2.75, 3.05) is 17.7 Å². The summed E-state index contributed by atoms with van der Waals surface area (Å²) in [6, 6.07) is 7.33. The van der Waals surface area contributed by atoms with Crippen LogP contribution in [0.15, 0.2) is 24.3 Å². The zero-order valence-corrected chi connectivity index (χ0v) is 18.0. The summed E-state index contributed by atoms with van der Waals surface area (Å²) in [6.45, 7) is 7.83. The minimum atomic E-state index is -0.534. The highest BCUT2D eigenvalue weighted by atomic mass is 32.1. The minimum Gasteiger partial charge on any atom is -0.495 e. The number of amides is 2. The molecule has 0 bridgehead atoms. The highest BCUT2D eigenvalue weighted by Gasteiger charge is 2.30. The van der Waals surface area contributed by atoms with Gasteiger partial charge in [0.05, 0.1) is 18.4 Å². The molecule has 0 aliphatic heterocycles. The average Bonchev–Trinajstić information content (AvgIpc) is 2.98. The fourth-order valence-electron chi connectivity index (χ4n) is 3.30. The van der Waals surface area contributed by atoms with Gasteiger partial charge in [-0.15, -0.1) is 11.3 Å². The van der Waals surface area contributed by atoms with Crippen molar-refractivity contribution < 1.29 is 14.3 Å². The number of para-hydroxylation sites is 2. The number of nitrogens with one attached hydrogen (secondary N) is 2. The molecule has 1 aliphatic rings. The Bertz CT molecular complexity index is 896. The van der Waals surface area contributed by atoms with Crippen LogP contribution in [0.2, 0.25) is 0 Å². The topological polar surface area (TPSA) is 67.4 Å². The summed E-state index contributed by atoms with van der Waals surface area (Å²) in [7, 11) is 1.58. The largest absolute Gasteiger partial charge is 0.495 e. The number of carbonyl (C=O) groups is 2. The van der Waals surface area contributed by atoms with Crippen molar-refractivity contribution in [1.29, 1.82) is 0 Å². The number of benzene rings is 1. The molecule has 0 spiro atoms. The predicted octanol–water partition coefficient (Wildman–Crippen LogP) is 5.12. The van der Waals surface area contributed by atoms with Crippen molar-refractivity contribution in [2.24, 2.45) is 11.3 Å². The number of anilines is 2. The molecule has 2 amide bonds. The van der Waals surface area contributed by atoms with E-state index in [0.717, 1.165) is 24.8 Å². The first-order chi connectivity index (χ1) is 13.2. The van der Waals surface area contributed by atoms with Crippen molar-refractivity contribution >= 4 is 33.8 Å². The second kappa shape index (κ2) is 7.95. The van der Waals surface area contributed by atoms with E-state index in [4.69, 9.17) is 4.74 Å². The summed E-state index contributed by atoms with van der Waals surface area (Å²) in [5.41, 5.74) is 1.75. The number of rotatable bonds is 4. The first-order valence-corrected chi connectivity index (χ1v) is 10.4. The normalized spacial score (nSPS) is 16.2. The monoisotopic (exact) mass is 400 g/mol. The van der Waals surface area contributed by atoms with Gasteiger partial charge in [-0.25, -0.2) is 0 Å². The molecule has 28 heavy (non-hydrogen) atoms. The lowest BCUT2D eigenvalue weighted by Gasteiger charge is -2.19. The van der Waals surface area contributed by atoms with Crippen LogP contribution in [0.5, 0.6) is 5.75 Å². The molecular formula is C22H28N2O3S. The Morgan fingerprint density at radius 3 is 2.57 bits per heavy atom. The van der Waals surface area contributed by atoms with Crippen LogP contribution in [0.1, 0.15) is 54.9 Å². The number of carbonyl (C=O) groups excluding carboxylic acids is 2.